The lowest BCUT2D eigenvalue weighted by atomic mass is 9.99. The molecule has 2 rings (SSSR count). The number of amides is 2. The molecule has 2 amide bonds. The Morgan fingerprint density at radius 2 is 2.00 bits per heavy atom. The number of hydrogen-bond acceptors (Lipinski definition) is 3. The Hall–Kier alpha value is -1.95. The minimum absolute atomic E-state index is 0.0537. The Morgan fingerprint density at radius 1 is 1.30 bits per heavy atom. The summed E-state index contributed by atoms with van der Waals surface area (Å²) in [7, 11) is 1.73. The molecule has 1 aromatic rings. The number of likely N-dealkylation sites (tertiary alicyclic amines) is 1. The van der Waals surface area contributed by atoms with E-state index in [0.717, 1.165) is 25.9 Å². The van der Waals surface area contributed by atoms with Crippen molar-refractivity contribution in [3.8, 4) is 0 Å². The van der Waals surface area contributed by atoms with Gasteiger partial charge in [0.05, 0.1) is 13.1 Å². The van der Waals surface area contributed by atoms with Gasteiger partial charge in [0.15, 0.2) is 0 Å². The van der Waals surface area contributed by atoms with Crippen LogP contribution in [0, 0.1) is 11.7 Å². The van der Waals surface area contributed by atoms with Gasteiger partial charge in [0.1, 0.15) is 5.82 Å². The van der Waals surface area contributed by atoms with Crippen LogP contribution in [0.1, 0.15) is 19.8 Å². The Kier molecular flexibility index (Phi) is 6.10. The minimum atomic E-state index is -0.398. The first kappa shape index (κ1) is 17.4. The average Bonchev–Trinajstić information content (AvgIpc) is 2.47. The summed E-state index contributed by atoms with van der Waals surface area (Å²) in [6.45, 7) is 4.09. The molecule has 0 atom stereocenters. The highest BCUT2D eigenvalue weighted by Crippen LogP contribution is 2.16. The fraction of sp³-hybridized carbons (Fsp3) is 0.529. The van der Waals surface area contributed by atoms with E-state index in [1.54, 1.807) is 18.0 Å². The van der Waals surface area contributed by atoms with Crippen LogP contribution in [0.4, 0.5) is 10.1 Å². The Bertz CT molecular complexity index is 557. The number of piperidine rings is 1. The Balaban J connectivity index is 1.76. The fourth-order valence-corrected chi connectivity index (χ4v) is 2.66. The van der Waals surface area contributed by atoms with E-state index < -0.39 is 5.82 Å². The number of carbonyl (C=O) groups is 2. The van der Waals surface area contributed by atoms with Crippen molar-refractivity contribution in [2.45, 2.75) is 19.8 Å². The number of nitrogens with zero attached hydrogens (tertiary/aromatic N) is 2. The summed E-state index contributed by atoms with van der Waals surface area (Å²) in [6, 6.07) is 5.74. The summed E-state index contributed by atoms with van der Waals surface area (Å²) >= 11 is 0. The minimum Gasteiger partial charge on any atom is -0.342 e. The molecular weight excluding hydrogens is 297 g/mol. The van der Waals surface area contributed by atoms with E-state index in [4.69, 9.17) is 0 Å². The molecule has 0 unspecified atom stereocenters. The second kappa shape index (κ2) is 8.06. The molecule has 0 bridgehead atoms. The molecule has 1 aliphatic rings. The molecule has 0 radical (unpaired) electrons. The number of likely N-dealkylation sites (N-methyl/N-ethyl adjacent to an activating group) is 1. The number of nitrogens with one attached hydrogen (secondary N) is 1. The van der Waals surface area contributed by atoms with Gasteiger partial charge in [-0.05, 0) is 44.0 Å². The van der Waals surface area contributed by atoms with Crippen LogP contribution >= 0.6 is 0 Å². The average molecular weight is 321 g/mol. The second-order valence-corrected chi connectivity index (χ2v) is 6.29. The number of rotatable bonds is 5. The lowest BCUT2D eigenvalue weighted by Crippen LogP contribution is -2.44. The molecule has 6 heteroatoms. The molecule has 0 aliphatic carbocycles. The summed E-state index contributed by atoms with van der Waals surface area (Å²) in [5.41, 5.74) is 0.416. The van der Waals surface area contributed by atoms with Crippen molar-refractivity contribution in [1.82, 2.24) is 9.80 Å². The summed E-state index contributed by atoms with van der Waals surface area (Å²) in [5.74, 6) is 0.0654. The van der Waals surface area contributed by atoms with E-state index >= 15 is 0 Å². The van der Waals surface area contributed by atoms with Crippen LogP contribution in [0.25, 0.3) is 0 Å². The molecule has 1 aliphatic heterocycles. The molecule has 0 saturated carbocycles. The molecule has 1 heterocycles. The second-order valence-electron chi connectivity index (χ2n) is 6.29. The zero-order valence-electron chi connectivity index (χ0n) is 13.7. The molecule has 0 spiro atoms. The first-order valence-electron chi connectivity index (χ1n) is 7.96. The maximum atomic E-state index is 13.1. The van der Waals surface area contributed by atoms with Gasteiger partial charge < -0.3 is 10.2 Å². The Morgan fingerprint density at radius 3 is 2.65 bits per heavy atom. The number of hydrogen-bond donors (Lipinski definition) is 1. The molecule has 1 fully saturated rings. The third-order valence-corrected chi connectivity index (χ3v) is 4.06. The molecule has 1 saturated heterocycles. The monoisotopic (exact) mass is 321 g/mol. The maximum Gasteiger partial charge on any atom is 0.238 e. The predicted molar refractivity (Wildman–Crippen MR) is 87.5 cm³/mol. The third kappa shape index (κ3) is 5.63. The highest BCUT2D eigenvalue weighted by Gasteiger charge is 2.21. The first-order chi connectivity index (χ1) is 10.9. The van der Waals surface area contributed by atoms with Gasteiger partial charge in [-0.25, -0.2) is 4.39 Å². The van der Waals surface area contributed by atoms with Crippen molar-refractivity contribution in [3.05, 3.63) is 30.1 Å². The van der Waals surface area contributed by atoms with E-state index in [9.17, 15) is 14.0 Å². The van der Waals surface area contributed by atoms with Crippen LogP contribution < -0.4 is 5.32 Å². The first-order valence-corrected chi connectivity index (χ1v) is 7.96. The SMILES string of the molecule is CC1CCN(C(=O)CN(C)CC(=O)Nc2cccc(F)c2)CC1. The van der Waals surface area contributed by atoms with Gasteiger partial charge in [-0.15, -0.1) is 0 Å². The molecule has 5 nitrogen and oxygen atoms in total. The summed E-state index contributed by atoms with van der Waals surface area (Å²) in [5, 5.41) is 2.63. The van der Waals surface area contributed by atoms with E-state index in [2.05, 4.69) is 12.2 Å². The van der Waals surface area contributed by atoms with Crippen LogP contribution in [0.3, 0.4) is 0 Å². The van der Waals surface area contributed by atoms with Gasteiger partial charge in [-0.3, -0.25) is 14.5 Å². The van der Waals surface area contributed by atoms with E-state index in [0.29, 0.717) is 11.6 Å². The zero-order chi connectivity index (χ0) is 16.8. The summed E-state index contributed by atoms with van der Waals surface area (Å²) in [4.78, 5) is 27.7. The lowest BCUT2D eigenvalue weighted by Gasteiger charge is -2.31. The summed E-state index contributed by atoms with van der Waals surface area (Å²) in [6.07, 6.45) is 2.07. The predicted octanol–water partition coefficient (Wildman–Crippen LogP) is 1.95. The van der Waals surface area contributed by atoms with E-state index in [-0.39, 0.29) is 24.9 Å². The Labute approximate surface area is 136 Å². The van der Waals surface area contributed by atoms with Gasteiger partial charge in [0, 0.05) is 18.8 Å². The van der Waals surface area contributed by atoms with Gasteiger partial charge >= 0.3 is 0 Å². The molecular formula is C17H24FN3O2. The van der Waals surface area contributed by atoms with E-state index in [1.807, 2.05) is 4.90 Å². The standard InChI is InChI=1S/C17H24FN3O2/c1-13-6-8-21(9-7-13)17(23)12-20(2)11-16(22)19-15-5-3-4-14(18)10-15/h3-5,10,13H,6-9,11-12H2,1-2H3,(H,19,22). The largest absolute Gasteiger partial charge is 0.342 e. The lowest BCUT2D eigenvalue weighted by molar-refractivity contribution is -0.133. The molecule has 1 N–H and O–H groups in total. The topological polar surface area (TPSA) is 52.7 Å². The van der Waals surface area contributed by atoms with Crippen molar-refractivity contribution >= 4 is 17.5 Å². The quantitative estimate of drug-likeness (QED) is 0.902. The number of halogens is 1. The smallest absolute Gasteiger partial charge is 0.238 e. The van der Waals surface area contributed by atoms with Crippen molar-refractivity contribution in [2.24, 2.45) is 5.92 Å². The van der Waals surface area contributed by atoms with Crippen molar-refractivity contribution in [2.75, 3.05) is 38.5 Å². The normalized spacial score (nSPS) is 15.7. The molecule has 1 aromatic carbocycles. The third-order valence-electron chi connectivity index (χ3n) is 4.06. The van der Waals surface area contributed by atoms with Crippen molar-refractivity contribution < 1.29 is 14.0 Å². The van der Waals surface area contributed by atoms with Crippen LogP contribution in [0.2, 0.25) is 0 Å². The van der Waals surface area contributed by atoms with Crippen molar-refractivity contribution in [3.63, 3.8) is 0 Å². The summed E-state index contributed by atoms with van der Waals surface area (Å²) < 4.78 is 13.1. The zero-order valence-corrected chi connectivity index (χ0v) is 13.7. The molecule has 23 heavy (non-hydrogen) atoms. The van der Waals surface area contributed by atoms with E-state index in [1.165, 1.54) is 18.2 Å². The van der Waals surface area contributed by atoms with Gasteiger partial charge in [-0.2, -0.15) is 0 Å². The number of anilines is 1. The molecule has 126 valence electrons. The maximum absolute atomic E-state index is 13.1. The van der Waals surface area contributed by atoms with Gasteiger partial charge in [0.2, 0.25) is 11.8 Å². The van der Waals surface area contributed by atoms with Crippen LogP contribution in [-0.4, -0.2) is 54.8 Å². The van der Waals surface area contributed by atoms with Gasteiger partial charge in [-0.1, -0.05) is 13.0 Å². The van der Waals surface area contributed by atoms with Crippen LogP contribution in [0.5, 0.6) is 0 Å². The van der Waals surface area contributed by atoms with Gasteiger partial charge in [0.25, 0.3) is 0 Å². The molecule has 0 aromatic heterocycles. The fourth-order valence-electron chi connectivity index (χ4n) is 2.66. The number of carbonyl (C=O) groups excluding carboxylic acids is 2. The highest BCUT2D eigenvalue weighted by molar-refractivity contribution is 5.92. The van der Waals surface area contributed by atoms with Crippen LogP contribution in [-0.2, 0) is 9.59 Å². The highest BCUT2D eigenvalue weighted by atomic mass is 19.1. The van der Waals surface area contributed by atoms with Crippen LogP contribution in [0.15, 0.2) is 24.3 Å². The van der Waals surface area contributed by atoms with Crippen molar-refractivity contribution in [1.29, 1.82) is 0 Å². The number of benzene rings is 1.